The second-order valence-corrected chi connectivity index (χ2v) is 1.99. The monoisotopic (exact) mass is 263 g/mol. The number of rotatable bonds is 0. The zero-order valence-corrected chi connectivity index (χ0v) is 12.4. The van der Waals surface area contributed by atoms with Gasteiger partial charge in [0.25, 0.3) is 0 Å². The summed E-state index contributed by atoms with van der Waals surface area (Å²) in [5.74, 6) is -1.12. The molecule has 0 aromatic carbocycles. The lowest BCUT2D eigenvalue weighted by molar-refractivity contribution is -0.156. The molecule has 0 aliphatic rings. The molecule has 4 heteroatoms. The molecule has 0 bridgehead atoms. The molecule has 0 unspecified atom stereocenters. The van der Waals surface area contributed by atoms with E-state index in [1.54, 1.807) is 0 Å². The van der Waals surface area contributed by atoms with E-state index in [1.807, 2.05) is 39.8 Å². The Morgan fingerprint density at radius 2 is 1.06 bits per heavy atom. The van der Waals surface area contributed by atoms with E-state index >= 15 is 0 Å². The van der Waals surface area contributed by atoms with E-state index in [-0.39, 0.29) is 14.9 Å². The Morgan fingerprint density at radius 1 is 0.889 bits per heavy atom. The van der Waals surface area contributed by atoms with E-state index in [0.717, 1.165) is 6.29 Å². The van der Waals surface area contributed by atoms with Crippen LogP contribution in [0.5, 0.6) is 0 Å². The number of hydrogen-bond donors (Lipinski definition) is 0. The van der Waals surface area contributed by atoms with Crippen LogP contribution in [-0.2, 0) is 19.1 Å². The molecule has 0 amide bonds. The molecule has 0 radical (unpaired) electrons. The molecule has 0 heterocycles. The van der Waals surface area contributed by atoms with Crippen LogP contribution in [0, 0.1) is 7.43 Å². The molecule has 0 fully saturated rings. The maximum Gasteiger partial charge on any atom is 0.310 e. The van der Waals surface area contributed by atoms with Crippen LogP contribution in [0.1, 0.15) is 55.9 Å². The summed E-state index contributed by atoms with van der Waals surface area (Å²) in [7, 11) is 0. The van der Waals surface area contributed by atoms with Gasteiger partial charge in [0.15, 0.2) is 0 Å². The largest absolute Gasteiger partial charge is 0.394 e. The van der Waals surface area contributed by atoms with Crippen molar-refractivity contribution in [1.82, 2.24) is 0 Å². The summed E-state index contributed by atoms with van der Waals surface area (Å²) in [6.07, 6.45) is 4.75. The summed E-state index contributed by atoms with van der Waals surface area (Å²) in [6, 6.07) is 0. The fourth-order valence-corrected chi connectivity index (χ4v) is 0.202. The highest BCUT2D eigenvalue weighted by atomic mass is 16.6. The third-order valence-electron chi connectivity index (χ3n) is 0.621. The number of carbonyl (C=O) groups is 3. The van der Waals surface area contributed by atoms with Crippen molar-refractivity contribution >= 4 is 18.2 Å². The Labute approximate surface area is 113 Å². The lowest BCUT2D eigenvalue weighted by atomic mass is 10.6. The Kier molecular flexibility index (Phi) is 90.0. The Bertz CT molecular complexity index is 168. The SMILES string of the molecule is C.C/C=C/C.CC.CC(=O)OC(C)=O.CC=O.[CH3-]. The second-order valence-electron chi connectivity index (χ2n) is 1.99. The third-order valence-corrected chi connectivity index (χ3v) is 0.621. The Hall–Kier alpha value is -1.45. The van der Waals surface area contributed by atoms with Crippen molar-refractivity contribution in [2.24, 2.45) is 0 Å². The molecule has 0 saturated heterocycles. The van der Waals surface area contributed by atoms with E-state index in [4.69, 9.17) is 4.79 Å². The van der Waals surface area contributed by atoms with E-state index < -0.39 is 11.9 Å². The average molecular weight is 263 g/mol. The molecule has 112 valence electrons. The molecule has 18 heavy (non-hydrogen) atoms. The first kappa shape index (κ1) is 36.0. The van der Waals surface area contributed by atoms with Crippen LogP contribution in [0.2, 0.25) is 0 Å². The summed E-state index contributed by atoms with van der Waals surface area (Å²) < 4.78 is 3.97. The number of carbonyl (C=O) groups excluding carboxylic acids is 3. The molecule has 0 rings (SSSR count). The van der Waals surface area contributed by atoms with Crippen molar-refractivity contribution < 1.29 is 19.1 Å². The van der Waals surface area contributed by atoms with Gasteiger partial charge in [-0.2, -0.15) is 0 Å². The molecular weight excluding hydrogens is 232 g/mol. The van der Waals surface area contributed by atoms with E-state index in [9.17, 15) is 9.59 Å². The van der Waals surface area contributed by atoms with Gasteiger partial charge in [-0.15, -0.1) is 0 Å². The number of allylic oxidation sites excluding steroid dienone is 2. The van der Waals surface area contributed by atoms with Gasteiger partial charge in [-0.1, -0.05) is 33.4 Å². The van der Waals surface area contributed by atoms with Crippen molar-refractivity contribution in [2.45, 2.75) is 55.9 Å². The first-order valence-electron chi connectivity index (χ1n) is 5.12. The van der Waals surface area contributed by atoms with Crippen LogP contribution in [0.4, 0.5) is 0 Å². The zero-order valence-electron chi connectivity index (χ0n) is 12.4. The molecule has 0 spiro atoms. The van der Waals surface area contributed by atoms with Crippen LogP contribution in [0.15, 0.2) is 12.2 Å². The number of ether oxygens (including phenoxy) is 1. The minimum absolute atomic E-state index is 0. The van der Waals surface area contributed by atoms with Crippen LogP contribution in [0.3, 0.4) is 0 Å². The normalized spacial score (nSPS) is 6.17. The van der Waals surface area contributed by atoms with Crippen molar-refractivity contribution in [3.63, 3.8) is 0 Å². The van der Waals surface area contributed by atoms with Crippen molar-refractivity contribution in [3.8, 4) is 0 Å². The predicted molar refractivity (Wildman–Crippen MR) is 79.2 cm³/mol. The summed E-state index contributed by atoms with van der Waals surface area (Å²) in [5, 5.41) is 0. The quantitative estimate of drug-likeness (QED) is 0.218. The molecule has 4 nitrogen and oxygen atoms in total. The van der Waals surface area contributed by atoms with Gasteiger partial charge >= 0.3 is 11.9 Å². The highest BCUT2D eigenvalue weighted by Crippen LogP contribution is 1.73. The number of esters is 2. The van der Waals surface area contributed by atoms with Gasteiger partial charge in [-0.05, 0) is 20.8 Å². The van der Waals surface area contributed by atoms with Crippen molar-refractivity contribution in [3.05, 3.63) is 19.6 Å². The minimum atomic E-state index is -0.562. The number of hydrogen-bond acceptors (Lipinski definition) is 4. The van der Waals surface area contributed by atoms with Gasteiger partial charge in [0.2, 0.25) is 0 Å². The standard InChI is InChI=1S/C4H6O3.C4H8.C2H4O.C2H6.CH4.CH3/c1-3(5)7-4(2)6;1-3-4-2;1-2-3;1-2;;/h1-2H3;3-4H,1-2H3;2H,1H3;1-2H3;1H4;1H3/q;;;;;-1/b;4-3+;;;;. The first-order chi connectivity index (χ1) is 7.45. The van der Waals surface area contributed by atoms with E-state index in [0.29, 0.717) is 0 Å². The van der Waals surface area contributed by atoms with Gasteiger partial charge in [0.1, 0.15) is 6.29 Å². The highest BCUT2D eigenvalue weighted by Gasteiger charge is 1.93. The fourth-order valence-electron chi connectivity index (χ4n) is 0.202. The van der Waals surface area contributed by atoms with Crippen LogP contribution >= 0.6 is 0 Å². The summed E-state index contributed by atoms with van der Waals surface area (Å²) in [6.45, 7) is 11.8. The Balaban J connectivity index is -0.0000000287. The lowest BCUT2D eigenvalue weighted by Gasteiger charge is -1.87. The summed E-state index contributed by atoms with van der Waals surface area (Å²) >= 11 is 0. The van der Waals surface area contributed by atoms with Gasteiger partial charge in [-0.25, -0.2) is 0 Å². The van der Waals surface area contributed by atoms with Crippen LogP contribution < -0.4 is 0 Å². The molecule has 0 saturated carbocycles. The average Bonchev–Trinajstić information content (AvgIpc) is 2.20. The second kappa shape index (κ2) is 45.0. The smallest absolute Gasteiger partial charge is 0.310 e. The lowest BCUT2D eigenvalue weighted by Crippen LogP contribution is -2.03. The first-order valence-corrected chi connectivity index (χ1v) is 5.12. The van der Waals surface area contributed by atoms with Gasteiger partial charge < -0.3 is 17.0 Å². The third kappa shape index (κ3) is 212. The fraction of sp³-hybridized carbons (Fsp3) is 0.571. The predicted octanol–water partition coefficient (Wildman–Crippen LogP) is 4.00. The van der Waals surface area contributed by atoms with Crippen LogP contribution in [0.25, 0.3) is 0 Å². The molecule has 0 aromatic heterocycles. The van der Waals surface area contributed by atoms with Crippen LogP contribution in [-0.4, -0.2) is 18.2 Å². The highest BCUT2D eigenvalue weighted by molar-refractivity contribution is 5.82. The van der Waals surface area contributed by atoms with Gasteiger partial charge in [0.05, 0.1) is 0 Å². The number of aldehydes is 1. The summed E-state index contributed by atoms with van der Waals surface area (Å²) in [5.41, 5.74) is 0. The van der Waals surface area contributed by atoms with E-state index in [1.165, 1.54) is 20.8 Å². The maximum atomic E-state index is 9.81. The molecule has 0 N–H and O–H groups in total. The summed E-state index contributed by atoms with van der Waals surface area (Å²) in [4.78, 5) is 28.4. The topological polar surface area (TPSA) is 60.4 Å². The molecule has 0 atom stereocenters. The molecule has 0 aliphatic carbocycles. The minimum Gasteiger partial charge on any atom is -0.394 e. The van der Waals surface area contributed by atoms with E-state index in [2.05, 4.69) is 4.74 Å². The van der Waals surface area contributed by atoms with Crippen molar-refractivity contribution in [1.29, 1.82) is 0 Å². The van der Waals surface area contributed by atoms with Gasteiger partial charge in [-0.3, -0.25) is 9.59 Å². The molecule has 0 aromatic rings. The van der Waals surface area contributed by atoms with Crippen molar-refractivity contribution in [2.75, 3.05) is 0 Å². The zero-order chi connectivity index (χ0) is 14.0. The molecular formula is C14H31O4-. The Morgan fingerprint density at radius 3 is 1.06 bits per heavy atom. The van der Waals surface area contributed by atoms with Gasteiger partial charge in [0, 0.05) is 13.8 Å². The molecule has 0 aliphatic heterocycles. The maximum absolute atomic E-state index is 9.81.